The Kier molecular flexibility index (Phi) is 1.70. The molecule has 0 atom stereocenters. The van der Waals surface area contributed by atoms with Crippen LogP contribution < -0.4 is 10.1 Å². The van der Waals surface area contributed by atoms with Crippen molar-refractivity contribution in [1.82, 2.24) is 10.3 Å². The number of hydrogen-bond donors (Lipinski definition) is 2. The summed E-state index contributed by atoms with van der Waals surface area (Å²) < 4.78 is 5.75. The van der Waals surface area contributed by atoms with E-state index in [1.54, 1.807) is 0 Å². The SMILES string of the molecule is c1cc2ccc(OC3CNC3)cc2[nH]1. The lowest BCUT2D eigenvalue weighted by molar-refractivity contribution is 0.142. The first kappa shape index (κ1) is 7.88. The Labute approximate surface area is 82.1 Å². The molecule has 0 saturated carbocycles. The van der Waals surface area contributed by atoms with Crippen LogP contribution in [0.25, 0.3) is 10.9 Å². The van der Waals surface area contributed by atoms with Crippen molar-refractivity contribution in [3.8, 4) is 5.75 Å². The Balaban J connectivity index is 1.88. The second-order valence-corrected chi connectivity index (χ2v) is 3.62. The largest absolute Gasteiger partial charge is 0.488 e. The summed E-state index contributed by atoms with van der Waals surface area (Å²) in [6.45, 7) is 1.92. The zero-order valence-electron chi connectivity index (χ0n) is 7.79. The van der Waals surface area contributed by atoms with Gasteiger partial charge in [0.25, 0.3) is 0 Å². The average Bonchev–Trinajstić information content (AvgIpc) is 2.58. The van der Waals surface area contributed by atoms with E-state index in [-0.39, 0.29) is 0 Å². The van der Waals surface area contributed by atoms with E-state index in [1.165, 1.54) is 5.39 Å². The molecule has 1 aliphatic rings. The molecule has 0 amide bonds. The van der Waals surface area contributed by atoms with Crippen molar-refractivity contribution in [3.05, 3.63) is 30.5 Å². The molecule has 2 heterocycles. The lowest BCUT2D eigenvalue weighted by Crippen LogP contribution is -2.50. The van der Waals surface area contributed by atoms with Gasteiger partial charge in [-0.15, -0.1) is 0 Å². The number of hydrogen-bond acceptors (Lipinski definition) is 2. The van der Waals surface area contributed by atoms with Crippen molar-refractivity contribution in [3.63, 3.8) is 0 Å². The number of fused-ring (bicyclic) bond motifs is 1. The average molecular weight is 188 g/mol. The summed E-state index contributed by atoms with van der Waals surface area (Å²) in [5.41, 5.74) is 1.13. The topological polar surface area (TPSA) is 37.0 Å². The highest BCUT2D eigenvalue weighted by molar-refractivity contribution is 5.80. The van der Waals surface area contributed by atoms with E-state index in [1.807, 2.05) is 18.3 Å². The van der Waals surface area contributed by atoms with Crippen LogP contribution in [-0.4, -0.2) is 24.2 Å². The zero-order valence-corrected chi connectivity index (χ0v) is 7.79. The quantitative estimate of drug-likeness (QED) is 0.749. The first-order valence-electron chi connectivity index (χ1n) is 4.86. The van der Waals surface area contributed by atoms with Gasteiger partial charge in [0.15, 0.2) is 0 Å². The number of nitrogens with one attached hydrogen (secondary N) is 2. The van der Waals surface area contributed by atoms with E-state index in [9.17, 15) is 0 Å². The van der Waals surface area contributed by atoms with Crippen molar-refractivity contribution in [1.29, 1.82) is 0 Å². The molecule has 3 heteroatoms. The molecule has 0 spiro atoms. The van der Waals surface area contributed by atoms with Gasteiger partial charge in [0.1, 0.15) is 11.9 Å². The van der Waals surface area contributed by atoms with Gasteiger partial charge in [-0.3, -0.25) is 0 Å². The standard InChI is InChI=1S/C11H12N2O/c1-2-9(14-10-6-12-7-10)5-11-8(1)3-4-13-11/h1-5,10,12-13H,6-7H2. The molecule has 0 radical (unpaired) electrons. The Bertz CT molecular complexity index is 445. The normalized spacial score (nSPS) is 16.9. The van der Waals surface area contributed by atoms with Gasteiger partial charge < -0.3 is 15.0 Å². The third-order valence-electron chi connectivity index (χ3n) is 2.57. The number of benzene rings is 1. The van der Waals surface area contributed by atoms with Crippen molar-refractivity contribution in [2.24, 2.45) is 0 Å². The highest BCUT2D eigenvalue weighted by atomic mass is 16.5. The number of rotatable bonds is 2. The van der Waals surface area contributed by atoms with Gasteiger partial charge in [0.05, 0.1) is 0 Å². The smallest absolute Gasteiger partial charge is 0.123 e. The van der Waals surface area contributed by atoms with Crippen LogP contribution in [0.3, 0.4) is 0 Å². The van der Waals surface area contributed by atoms with Gasteiger partial charge in [0.2, 0.25) is 0 Å². The maximum Gasteiger partial charge on any atom is 0.123 e. The highest BCUT2D eigenvalue weighted by Crippen LogP contribution is 2.20. The molecule has 2 aromatic rings. The molecule has 1 aliphatic heterocycles. The van der Waals surface area contributed by atoms with Gasteiger partial charge in [-0.2, -0.15) is 0 Å². The lowest BCUT2D eigenvalue weighted by atomic mass is 10.2. The van der Waals surface area contributed by atoms with E-state index in [4.69, 9.17) is 4.74 Å². The van der Waals surface area contributed by atoms with Crippen LogP contribution in [0.2, 0.25) is 0 Å². The minimum atomic E-state index is 0.349. The van der Waals surface area contributed by atoms with Crippen LogP contribution in [0, 0.1) is 0 Å². The minimum absolute atomic E-state index is 0.349. The van der Waals surface area contributed by atoms with Crippen LogP contribution in [0.4, 0.5) is 0 Å². The van der Waals surface area contributed by atoms with Crippen molar-refractivity contribution in [2.45, 2.75) is 6.10 Å². The summed E-state index contributed by atoms with van der Waals surface area (Å²) in [5.74, 6) is 0.950. The molecule has 1 aromatic carbocycles. The Hall–Kier alpha value is -1.48. The summed E-state index contributed by atoms with van der Waals surface area (Å²) in [5, 5.41) is 4.41. The van der Waals surface area contributed by atoms with Gasteiger partial charge >= 0.3 is 0 Å². The molecule has 3 nitrogen and oxygen atoms in total. The van der Waals surface area contributed by atoms with E-state index < -0.39 is 0 Å². The first-order valence-corrected chi connectivity index (χ1v) is 4.86. The molecule has 1 saturated heterocycles. The van der Waals surface area contributed by atoms with Crippen molar-refractivity contribution >= 4 is 10.9 Å². The van der Waals surface area contributed by atoms with Crippen molar-refractivity contribution < 1.29 is 4.74 Å². The lowest BCUT2D eigenvalue weighted by Gasteiger charge is -2.27. The summed E-state index contributed by atoms with van der Waals surface area (Å²) in [7, 11) is 0. The maximum absolute atomic E-state index is 5.75. The molecule has 0 unspecified atom stereocenters. The predicted octanol–water partition coefficient (Wildman–Crippen LogP) is 1.52. The van der Waals surface area contributed by atoms with E-state index in [2.05, 4.69) is 22.4 Å². The molecule has 1 aromatic heterocycles. The number of ether oxygens (including phenoxy) is 1. The van der Waals surface area contributed by atoms with Crippen LogP contribution in [0.15, 0.2) is 30.5 Å². The molecule has 2 N–H and O–H groups in total. The van der Waals surface area contributed by atoms with Crippen LogP contribution in [0.1, 0.15) is 0 Å². The highest BCUT2D eigenvalue weighted by Gasteiger charge is 2.18. The third-order valence-corrected chi connectivity index (χ3v) is 2.57. The van der Waals surface area contributed by atoms with Crippen LogP contribution >= 0.6 is 0 Å². The second-order valence-electron chi connectivity index (χ2n) is 3.62. The van der Waals surface area contributed by atoms with Crippen molar-refractivity contribution in [2.75, 3.05) is 13.1 Å². The van der Waals surface area contributed by atoms with Crippen LogP contribution in [-0.2, 0) is 0 Å². The Morgan fingerprint density at radius 2 is 2.14 bits per heavy atom. The zero-order chi connectivity index (χ0) is 9.38. The minimum Gasteiger partial charge on any atom is -0.488 e. The van der Waals surface area contributed by atoms with E-state index >= 15 is 0 Å². The fourth-order valence-corrected chi connectivity index (χ4v) is 1.64. The summed E-state index contributed by atoms with van der Waals surface area (Å²) in [4.78, 5) is 3.17. The second kappa shape index (κ2) is 3.03. The molecule has 1 fully saturated rings. The Morgan fingerprint density at radius 1 is 1.21 bits per heavy atom. The third kappa shape index (κ3) is 1.26. The molecular formula is C11H12N2O. The molecular weight excluding hydrogens is 176 g/mol. The molecule has 72 valence electrons. The molecule has 0 bridgehead atoms. The van der Waals surface area contributed by atoms with E-state index in [0.29, 0.717) is 6.10 Å². The molecule has 3 rings (SSSR count). The number of aromatic amines is 1. The fraction of sp³-hybridized carbons (Fsp3) is 0.273. The Morgan fingerprint density at radius 3 is 2.93 bits per heavy atom. The molecule has 14 heavy (non-hydrogen) atoms. The van der Waals surface area contributed by atoms with Gasteiger partial charge in [-0.1, -0.05) is 0 Å². The fourth-order valence-electron chi connectivity index (χ4n) is 1.64. The monoisotopic (exact) mass is 188 g/mol. The predicted molar refractivity (Wildman–Crippen MR) is 55.6 cm³/mol. The van der Waals surface area contributed by atoms with Crippen LogP contribution in [0.5, 0.6) is 5.75 Å². The van der Waals surface area contributed by atoms with Gasteiger partial charge in [-0.05, 0) is 23.6 Å². The summed E-state index contributed by atoms with van der Waals surface area (Å²) >= 11 is 0. The first-order chi connectivity index (χ1) is 6.92. The summed E-state index contributed by atoms with van der Waals surface area (Å²) in [6.07, 6.45) is 2.29. The van der Waals surface area contributed by atoms with Gasteiger partial charge in [0, 0.05) is 30.9 Å². The summed E-state index contributed by atoms with van der Waals surface area (Å²) in [6, 6.07) is 8.21. The number of aromatic nitrogens is 1. The number of H-pyrrole nitrogens is 1. The molecule has 0 aliphatic carbocycles. The maximum atomic E-state index is 5.75. The van der Waals surface area contributed by atoms with Gasteiger partial charge in [-0.25, -0.2) is 0 Å². The van der Waals surface area contributed by atoms with E-state index in [0.717, 1.165) is 24.4 Å².